The third-order valence-corrected chi connectivity index (χ3v) is 4.33. The Morgan fingerprint density at radius 1 is 1.05 bits per heavy atom. The molecular formula is C10H8NNaO6S2. The predicted octanol–water partition coefficient (Wildman–Crippen LogP) is -2.42. The van der Waals surface area contributed by atoms with Crippen molar-refractivity contribution in [3.8, 4) is 0 Å². The van der Waals surface area contributed by atoms with Gasteiger partial charge in [0.05, 0.1) is 9.79 Å². The molecule has 2 aromatic carbocycles. The van der Waals surface area contributed by atoms with E-state index >= 15 is 0 Å². The van der Waals surface area contributed by atoms with Crippen LogP contribution in [0.1, 0.15) is 0 Å². The Balaban J connectivity index is 0.00000200. The molecule has 0 spiro atoms. The number of anilines is 1. The predicted molar refractivity (Wildman–Crippen MR) is 66.1 cm³/mol. The van der Waals surface area contributed by atoms with Crippen LogP contribution < -0.4 is 35.3 Å². The van der Waals surface area contributed by atoms with Gasteiger partial charge in [-0.15, -0.1) is 0 Å². The summed E-state index contributed by atoms with van der Waals surface area (Å²) < 4.78 is 64.3. The fraction of sp³-hybridized carbons (Fsp3) is 0. The van der Waals surface area contributed by atoms with Gasteiger partial charge >= 0.3 is 29.6 Å². The maximum absolute atomic E-state index is 11.1. The van der Waals surface area contributed by atoms with Crippen LogP contribution in [0.2, 0.25) is 0 Å². The van der Waals surface area contributed by atoms with Crippen LogP contribution in [0.4, 0.5) is 5.69 Å². The van der Waals surface area contributed by atoms with Crippen LogP contribution in [0.3, 0.4) is 0 Å². The van der Waals surface area contributed by atoms with E-state index in [1.54, 1.807) is 0 Å². The van der Waals surface area contributed by atoms with Gasteiger partial charge in [0.15, 0.2) is 0 Å². The summed E-state index contributed by atoms with van der Waals surface area (Å²) in [5.74, 6) is 0. The van der Waals surface area contributed by atoms with Gasteiger partial charge in [0.2, 0.25) is 0 Å². The maximum atomic E-state index is 11.1. The van der Waals surface area contributed by atoms with Crippen molar-refractivity contribution in [1.29, 1.82) is 0 Å². The molecule has 0 radical (unpaired) electrons. The number of nitrogen functional groups attached to an aromatic ring is 1. The Kier molecular flexibility index (Phi) is 4.87. The first-order valence-corrected chi connectivity index (χ1v) is 7.71. The van der Waals surface area contributed by atoms with Crippen molar-refractivity contribution in [3.63, 3.8) is 0 Å². The van der Waals surface area contributed by atoms with Gasteiger partial charge in [-0.3, -0.25) is 4.55 Å². The summed E-state index contributed by atoms with van der Waals surface area (Å²) in [6.07, 6.45) is 0. The number of rotatable bonds is 2. The first-order valence-electron chi connectivity index (χ1n) is 4.86. The number of hydrogen-bond acceptors (Lipinski definition) is 6. The number of nitrogens with two attached hydrogens (primary N) is 1. The number of benzene rings is 2. The van der Waals surface area contributed by atoms with E-state index in [1.165, 1.54) is 12.1 Å². The van der Waals surface area contributed by atoms with Gasteiger partial charge in [0.1, 0.15) is 10.1 Å². The minimum absolute atomic E-state index is 0. The quantitative estimate of drug-likeness (QED) is 0.356. The average molecular weight is 325 g/mol. The molecule has 0 saturated carbocycles. The molecule has 0 saturated heterocycles. The monoisotopic (exact) mass is 325 g/mol. The van der Waals surface area contributed by atoms with Crippen molar-refractivity contribution in [3.05, 3.63) is 30.3 Å². The summed E-state index contributed by atoms with van der Waals surface area (Å²) in [5.41, 5.74) is 5.23. The molecule has 0 aromatic heterocycles. The molecule has 0 unspecified atom stereocenters. The fourth-order valence-corrected chi connectivity index (χ4v) is 3.06. The fourth-order valence-electron chi connectivity index (χ4n) is 1.74. The van der Waals surface area contributed by atoms with E-state index in [0.717, 1.165) is 18.2 Å². The zero-order valence-corrected chi connectivity index (χ0v) is 13.9. The molecule has 0 fully saturated rings. The Bertz CT molecular complexity index is 876. The summed E-state index contributed by atoms with van der Waals surface area (Å²) in [6.45, 7) is 0. The second-order valence-corrected chi connectivity index (χ2v) is 6.53. The van der Waals surface area contributed by atoms with E-state index in [2.05, 4.69) is 0 Å². The van der Waals surface area contributed by atoms with E-state index in [-0.39, 0.29) is 46.0 Å². The molecule has 10 heteroatoms. The third kappa shape index (κ3) is 3.31. The molecule has 102 valence electrons. The molecule has 0 aliphatic rings. The van der Waals surface area contributed by atoms with Gasteiger partial charge in [0, 0.05) is 11.1 Å². The van der Waals surface area contributed by atoms with Crippen LogP contribution in [-0.4, -0.2) is 25.9 Å². The Hall–Kier alpha value is -0.680. The van der Waals surface area contributed by atoms with Crippen LogP contribution in [0.5, 0.6) is 0 Å². The molecule has 0 amide bonds. The minimum atomic E-state index is -4.80. The standard InChI is InChI=1S/C10H9NO6S2.Na/c11-9-4-1-6-5-7(18(12,13)14)2-3-8(6)10(9)19(15,16)17;/h1-5H,11H2,(H,12,13,14)(H,15,16,17);/q;+1/p-1. The molecule has 0 aliphatic carbocycles. The molecular weight excluding hydrogens is 317 g/mol. The van der Waals surface area contributed by atoms with Crippen LogP contribution in [0, 0.1) is 0 Å². The van der Waals surface area contributed by atoms with Crippen molar-refractivity contribution >= 4 is 36.7 Å². The normalized spacial score (nSPS) is 12.1. The van der Waals surface area contributed by atoms with Crippen molar-refractivity contribution in [1.82, 2.24) is 0 Å². The summed E-state index contributed by atoms with van der Waals surface area (Å²) in [7, 11) is -9.21. The van der Waals surface area contributed by atoms with Gasteiger partial charge < -0.3 is 10.3 Å². The maximum Gasteiger partial charge on any atom is 1.00 e. The largest absolute Gasteiger partial charge is 1.00 e. The molecule has 20 heavy (non-hydrogen) atoms. The summed E-state index contributed by atoms with van der Waals surface area (Å²) in [5, 5.41) is 0.168. The van der Waals surface area contributed by atoms with Gasteiger partial charge in [-0.05, 0) is 23.6 Å². The molecule has 2 aromatic rings. The Labute approximate surface area is 137 Å². The first-order chi connectivity index (χ1) is 8.60. The summed E-state index contributed by atoms with van der Waals surface area (Å²) >= 11 is 0. The average Bonchev–Trinajstić information content (AvgIpc) is 2.25. The summed E-state index contributed by atoms with van der Waals surface area (Å²) in [4.78, 5) is -1.01. The van der Waals surface area contributed by atoms with Gasteiger partial charge in [-0.25, -0.2) is 8.42 Å². The van der Waals surface area contributed by atoms with Crippen molar-refractivity contribution in [2.45, 2.75) is 9.79 Å². The smallest absolute Gasteiger partial charge is 0.744 e. The second kappa shape index (κ2) is 5.60. The molecule has 0 aliphatic heterocycles. The zero-order valence-electron chi connectivity index (χ0n) is 10.3. The zero-order chi connectivity index (χ0) is 14.4. The topological polar surface area (TPSA) is 138 Å². The first kappa shape index (κ1) is 17.4. The number of fused-ring (bicyclic) bond motifs is 1. The molecule has 3 N–H and O–H groups in total. The molecule has 0 heterocycles. The van der Waals surface area contributed by atoms with Crippen molar-refractivity contribution in [2.24, 2.45) is 0 Å². The Morgan fingerprint density at radius 2 is 1.65 bits per heavy atom. The van der Waals surface area contributed by atoms with E-state index in [1.807, 2.05) is 0 Å². The van der Waals surface area contributed by atoms with E-state index in [9.17, 15) is 21.4 Å². The van der Waals surface area contributed by atoms with Crippen LogP contribution >= 0.6 is 0 Å². The SMILES string of the molecule is Nc1ccc2cc(S(=O)(=O)O)ccc2c1S(=O)(=O)[O-].[Na+]. The van der Waals surface area contributed by atoms with Gasteiger partial charge in [0.25, 0.3) is 10.1 Å². The molecule has 2 rings (SSSR count). The molecule has 0 bridgehead atoms. The van der Waals surface area contributed by atoms with Crippen LogP contribution in [0.25, 0.3) is 10.8 Å². The van der Waals surface area contributed by atoms with Crippen LogP contribution in [-0.2, 0) is 20.2 Å². The second-order valence-electron chi connectivity index (χ2n) is 3.80. The van der Waals surface area contributed by atoms with E-state index in [4.69, 9.17) is 10.3 Å². The van der Waals surface area contributed by atoms with E-state index in [0.29, 0.717) is 0 Å². The third-order valence-electron chi connectivity index (χ3n) is 2.52. The Morgan fingerprint density at radius 3 is 2.15 bits per heavy atom. The van der Waals surface area contributed by atoms with Gasteiger partial charge in [-0.2, -0.15) is 8.42 Å². The van der Waals surface area contributed by atoms with E-state index < -0.39 is 30.0 Å². The minimum Gasteiger partial charge on any atom is -0.744 e. The summed E-state index contributed by atoms with van der Waals surface area (Å²) in [6, 6.07) is 5.69. The van der Waals surface area contributed by atoms with Crippen LogP contribution in [0.15, 0.2) is 40.1 Å². The van der Waals surface area contributed by atoms with Crippen molar-refractivity contribution in [2.75, 3.05) is 5.73 Å². The van der Waals surface area contributed by atoms with Crippen molar-refractivity contribution < 1.29 is 55.5 Å². The number of hydrogen-bond donors (Lipinski definition) is 2. The molecule has 0 atom stereocenters. The van der Waals surface area contributed by atoms with Gasteiger partial charge in [-0.1, -0.05) is 12.1 Å². The molecule has 7 nitrogen and oxygen atoms in total.